The number of carboxylic acid groups (broad SMARTS) is 1. The van der Waals surface area contributed by atoms with Gasteiger partial charge in [-0.25, -0.2) is 0 Å². The van der Waals surface area contributed by atoms with E-state index in [1.54, 1.807) is 7.11 Å². The van der Waals surface area contributed by atoms with E-state index in [2.05, 4.69) is 17.9 Å². The van der Waals surface area contributed by atoms with Gasteiger partial charge in [0.05, 0.1) is 17.6 Å². The molecule has 0 spiro atoms. The predicted molar refractivity (Wildman–Crippen MR) is 107 cm³/mol. The number of aliphatic hydroxyl groups is 2. The number of carbonyl (C=O) groups is 1. The molecule has 3 rings (SSSR count). The van der Waals surface area contributed by atoms with Gasteiger partial charge in [-0.15, -0.1) is 0 Å². The highest BCUT2D eigenvalue weighted by molar-refractivity contribution is 5.66. The molecule has 0 aromatic rings. The van der Waals surface area contributed by atoms with Gasteiger partial charge in [-0.3, -0.25) is 4.79 Å². The van der Waals surface area contributed by atoms with Crippen LogP contribution in [0.1, 0.15) is 70.6 Å². The van der Waals surface area contributed by atoms with E-state index in [-0.39, 0.29) is 29.8 Å². The summed E-state index contributed by atoms with van der Waals surface area (Å²) in [4.78, 5) is 10.7. The molecule has 0 amide bonds. The Balaban J connectivity index is 1.66. The Hall–Kier alpha value is -1.35. The van der Waals surface area contributed by atoms with Gasteiger partial charge in [0.1, 0.15) is 6.10 Å². The van der Waals surface area contributed by atoms with Crippen LogP contribution in [0.2, 0.25) is 0 Å². The van der Waals surface area contributed by atoms with E-state index in [0.717, 1.165) is 32.1 Å². The van der Waals surface area contributed by atoms with Crippen molar-refractivity contribution in [3.8, 4) is 11.8 Å². The molecule has 3 aliphatic carbocycles. The van der Waals surface area contributed by atoms with Gasteiger partial charge in [0.15, 0.2) is 0 Å². The quantitative estimate of drug-likeness (QED) is 0.368. The molecule has 0 aromatic carbocycles. The van der Waals surface area contributed by atoms with Crippen molar-refractivity contribution in [2.45, 2.75) is 88.4 Å². The van der Waals surface area contributed by atoms with Crippen molar-refractivity contribution in [1.29, 1.82) is 0 Å². The summed E-state index contributed by atoms with van der Waals surface area (Å²) in [7, 11) is 1.72. The van der Waals surface area contributed by atoms with Crippen LogP contribution in [0, 0.1) is 29.6 Å². The fourth-order valence-corrected chi connectivity index (χ4v) is 5.37. The Labute approximate surface area is 168 Å². The molecule has 0 aliphatic heterocycles. The van der Waals surface area contributed by atoms with E-state index < -0.39 is 18.2 Å². The average Bonchev–Trinajstić information content (AvgIpc) is 2.68. The molecule has 0 bridgehead atoms. The van der Waals surface area contributed by atoms with Crippen LogP contribution in [0.3, 0.4) is 0 Å². The first-order valence-electron chi connectivity index (χ1n) is 10.8. The summed E-state index contributed by atoms with van der Waals surface area (Å²) in [5.74, 6) is 5.75. The third kappa shape index (κ3) is 4.45. The van der Waals surface area contributed by atoms with Gasteiger partial charge in [-0.2, -0.15) is 0 Å². The first-order chi connectivity index (χ1) is 13.5. The molecule has 0 heterocycles. The summed E-state index contributed by atoms with van der Waals surface area (Å²) in [6.45, 7) is 0. The van der Waals surface area contributed by atoms with Crippen LogP contribution in [0.4, 0.5) is 0 Å². The average molecular weight is 391 g/mol. The highest BCUT2D eigenvalue weighted by atomic mass is 16.5. The monoisotopic (exact) mass is 390 g/mol. The first-order valence-corrected chi connectivity index (χ1v) is 10.8. The van der Waals surface area contributed by atoms with E-state index >= 15 is 0 Å². The molecule has 0 saturated heterocycles. The zero-order chi connectivity index (χ0) is 20.1. The lowest BCUT2D eigenvalue weighted by atomic mass is 9.53. The topological polar surface area (TPSA) is 87.0 Å². The Morgan fingerprint density at radius 3 is 2.75 bits per heavy atom. The Morgan fingerprint density at radius 2 is 2.07 bits per heavy atom. The zero-order valence-corrected chi connectivity index (χ0v) is 16.9. The van der Waals surface area contributed by atoms with Crippen molar-refractivity contribution in [1.82, 2.24) is 0 Å². The van der Waals surface area contributed by atoms with Crippen LogP contribution in [-0.2, 0) is 9.53 Å². The molecule has 5 nitrogen and oxygen atoms in total. The van der Waals surface area contributed by atoms with Crippen LogP contribution < -0.4 is 0 Å². The van der Waals surface area contributed by atoms with Crippen molar-refractivity contribution >= 4 is 5.97 Å². The van der Waals surface area contributed by atoms with Crippen LogP contribution in [0.5, 0.6) is 0 Å². The van der Waals surface area contributed by atoms with Crippen molar-refractivity contribution in [2.24, 2.45) is 17.8 Å². The Kier molecular flexibility index (Phi) is 7.20. The highest BCUT2D eigenvalue weighted by Crippen LogP contribution is 2.56. The predicted octanol–water partition coefficient (Wildman–Crippen LogP) is 3.29. The molecule has 156 valence electrons. The molecule has 5 heteroatoms. The normalized spacial score (nSPS) is 35.4. The number of unbranched alkanes of at least 4 members (excludes halogenated alkanes) is 1. The lowest BCUT2D eigenvalue weighted by Crippen LogP contribution is -2.59. The minimum absolute atomic E-state index is 0.137. The number of methoxy groups -OCH3 is 1. The third-order valence-electron chi connectivity index (χ3n) is 7.09. The molecule has 3 fully saturated rings. The van der Waals surface area contributed by atoms with Gasteiger partial charge in [0.25, 0.3) is 0 Å². The van der Waals surface area contributed by atoms with Gasteiger partial charge >= 0.3 is 5.97 Å². The maximum atomic E-state index is 10.7. The fraction of sp³-hybridized carbons (Fsp3) is 0.783. The van der Waals surface area contributed by atoms with Gasteiger partial charge in [0.2, 0.25) is 0 Å². The number of ether oxygens (including phenoxy) is 1. The van der Waals surface area contributed by atoms with Crippen molar-refractivity contribution in [3.63, 3.8) is 0 Å². The lowest BCUT2D eigenvalue weighted by molar-refractivity contribution is -0.138. The molecule has 28 heavy (non-hydrogen) atoms. The van der Waals surface area contributed by atoms with E-state index in [0.29, 0.717) is 12.8 Å². The molecule has 3 saturated carbocycles. The number of hydrogen-bond donors (Lipinski definition) is 3. The molecule has 3 N–H and O–H groups in total. The Bertz CT molecular complexity index is 639. The van der Waals surface area contributed by atoms with Crippen molar-refractivity contribution in [2.75, 3.05) is 7.11 Å². The van der Waals surface area contributed by atoms with E-state index in [1.165, 1.54) is 24.8 Å². The Morgan fingerprint density at radius 1 is 1.32 bits per heavy atom. The minimum Gasteiger partial charge on any atom is -0.481 e. The molecular formula is C23H34O5. The molecular weight excluding hydrogens is 356 g/mol. The van der Waals surface area contributed by atoms with Gasteiger partial charge in [-0.1, -0.05) is 37.2 Å². The second-order valence-electron chi connectivity index (χ2n) is 8.68. The van der Waals surface area contributed by atoms with Gasteiger partial charge in [-0.05, 0) is 56.4 Å². The van der Waals surface area contributed by atoms with E-state index in [9.17, 15) is 15.0 Å². The van der Waals surface area contributed by atoms with Crippen LogP contribution in [0.25, 0.3) is 0 Å². The molecule has 5 atom stereocenters. The summed E-state index contributed by atoms with van der Waals surface area (Å²) < 4.78 is 5.94. The summed E-state index contributed by atoms with van der Waals surface area (Å²) in [5.41, 5.74) is 0.842. The number of carboxylic acids is 1. The van der Waals surface area contributed by atoms with Crippen LogP contribution >= 0.6 is 0 Å². The van der Waals surface area contributed by atoms with Gasteiger partial charge < -0.3 is 20.1 Å². The SMILES string of the molecule is COC12CCC(O)C(C#CC(O)C3CCCCC3)C1CC2=CCCCC(=O)O. The van der Waals surface area contributed by atoms with Crippen LogP contribution in [0.15, 0.2) is 11.6 Å². The number of fused-ring (bicyclic) bond motifs is 1. The maximum absolute atomic E-state index is 10.7. The van der Waals surface area contributed by atoms with E-state index in [4.69, 9.17) is 9.84 Å². The number of allylic oxidation sites excluding steroid dienone is 1. The molecule has 5 unspecified atom stereocenters. The largest absolute Gasteiger partial charge is 0.481 e. The second kappa shape index (κ2) is 9.43. The zero-order valence-electron chi connectivity index (χ0n) is 16.9. The lowest BCUT2D eigenvalue weighted by Gasteiger charge is -2.57. The summed E-state index contributed by atoms with van der Waals surface area (Å²) in [6.07, 6.45) is 10.5. The fourth-order valence-electron chi connectivity index (χ4n) is 5.37. The minimum atomic E-state index is -0.765. The second-order valence-corrected chi connectivity index (χ2v) is 8.68. The summed E-state index contributed by atoms with van der Waals surface area (Å²) in [6, 6.07) is 0. The summed E-state index contributed by atoms with van der Waals surface area (Å²) >= 11 is 0. The number of aliphatic hydroxyl groups excluding tert-OH is 2. The number of aliphatic carboxylic acids is 1. The maximum Gasteiger partial charge on any atom is 0.303 e. The smallest absolute Gasteiger partial charge is 0.303 e. The highest BCUT2D eigenvalue weighted by Gasteiger charge is 2.58. The van der Waals surface area contributed by atoms with Crippen molar-refractivity contribution < 1.29 is 24.9 Å². The van der Waals surface area contributed by atoms with Crippen molar-refractivity contribution in [3.05, 3.63) is 11.6 Å². The molecule has 3 aliphatic rings. The number of rotatable bonds is 6. The molecule has 0 aromatic heterocycles. The van der Waals surface area contributed by atoms with Crippen LogP contribution in [-0.4, -0.2) is 46.2 Å². The standard InChI is InChI=1S/C23H34O5/c1-28-23-14-13-21(25)18(11-12-20(24)16-7-3-2-4-8-16)19(23)15-17(23)9-5-6-10-22(26)27/h9,16,18-21,24-25H,2-8,10,13-15H2,1H3,(H,26,27). The molecule has 0 radical (unpaired) electrons. The van der Waals surface area contributed by atoms with Gasteiger partial charge in [0, 0.05) is 19.4 Å². The third-order valence-corrected chi connectivity index (χ3v) is 7.09. The first kappa shape index (κ1) is 21.4. The summed E-state index contributed by atoms with van der Waals surface area (Å²) in [5, 5.41) is 29.8. The van der Waals surface area contributed by atoms with E-state index in [1.807, 2.05) is 0 Å². The number of hydrogen-bond acceptors (Lipinski definition) is 4.